The van der Waals surface area contributed by atoms with E-state index in [1.54, 1.807) is 0 Å². The summed E-state index contributed by atoms with van der Waals surface area (Å²) in [6, 6.07) is 0. The van der Waals surface area contributed by atoms with Gasteiger partial charge in [-0.1, -0.05) is 25.7 Å². The van der Waals surface area contributed by atoms with Gasteiger partial charge in [-0.25, -0.2) is 0 Å². The van der Waals surface area contributed by atoms with Gasteiger partial charge in [-0.3, -0.25) is 9.13 Å². The number of nitrogens with two attached hydrogens (primary N) is 4. The first-order valence-corrected chi connectivity index (χ1v) is 15.9. The predicted molar refractivity (Wildman–Crippen MR) is 182 cm³/mol. The summed E-state index contributed by atoms with van der Waals surface area (Å²) >= 11 is 0. The molecule has 0 saturated carbocycles. The molecule has 0 bridgehead atoms. The summed E-state index contributed by atoms with van der Waals surface area (Å²) in [5.41, 5.74) is 22.2. The number of nitrogens with zero attached hydrogens (tertiary/aromatic N) is 2. The van der Waals surface area contributed by atoms with Crippen LogP contribution in [0.25, 0.3) is 0 Å². The molecule has 0 amide bonds. The van der Waals surface area contributed by atoms with E-state index in [4.69, 9.17) is 32.0 Å². The SMILES string of the molecule is Cl.Cl.Cl.Cl.Cl.Cl.NCCN(CCN)CCP(=O)(O)OCCCCCCCCOP(=O)(O)CCN(CCN)CCN. The van der Waals surface area contributed by atoms with Crippen LogP contribution < -0.4 is 22.9 Å². The summed E-state index contributed by atoms with van der Waals surface area (Å²) < 4.78 is 34.7. The van der Waals surface area contributed by atoms with Crippen LogP contribution in [-0.4, -0.2) is 111 Å². The molecule has 0 aliphatic heterocycles. The first kappa shape index (κ1) is 57.5. The van der Waals surface area contributed by atoms with E-state index in [9.17, 15) is 18.9 Å². The molecular weight excluding hydrogens is 695 g/mol. The van der Waals surface area contributed by atoms with Gasteiger partial charge in [-0.15, -0.1) is 74.4 Å². The maximum absolute atomic E-state index is 12.1. The van der Waals surface area contributed by atoms with E-state index in [0.717, 1.165) is 25.7 Å². The fourth-order valence-electron chi connectivity index (χ4n) is 3.39. The summed E-state index contributed by atoms with van der Waals surface area (Å²) in [5, 5.41) is 0. The quantitative estimate of drug-likeness (QED) is 0.0589. The molecule has 0 radical (unpaired) electrons. The second-order valence-corrected chi connectivity index (χ2v) is 12.3. The molecule has 254 valence electrons. The number of rotatable bonds is 25. The van der Waals surface area contributed by atoms with Crippen molar-refractivity contribution in [2.45, 2.75) is 38.5 Å². The lowest BCUT2D eigenvalue weighted by Crippen LogP contribution is -2.36. The lowest BCUT2D eigenvalue weighted by molar-refractivity contribution is 0.237. The van der Waals surface area contributed by atoms with Crippen LogP contribution in [0, 0.1) is 0 Å². The lowest BCUT2D eigenvalue weighted by Gasteiger charge is -2.22. The van der Waals surface area contributed by atoms with Crippen molar-refractivity contribution in [1.82, 2.24) is 9.80 Å². The van der Waals surface area contributed by atoms with Crippen LogP contribution in [0.5, 0.6) is 0 Å². The summed E-state index contributed by atoms with van der Waals surface area (Å²) in [6.45, 7) is 5.84. The minimum Gasteiger partial charge on any atom is -0.329 e. The third-order valence-electron chi connectivity index (χ3n) is 5.30. The monoisotopic (exact) mass is 748 g/mol. The Hall–Kier alpha value is 1.80. The van der Waals surface area contributed by atoms with E-state index < -0.39 is 15.2 Å². The average molecular weight is 751 g/mol. The highest BCUT2D eigenvalue weighted by molar-refractivity contribution is 7.53. The van der Waals surface area contributed by atoms with Gasteiger partial charge >= 0.3 is 15.2 Å². The number of halogens is 6. The van der Waals surface area contributed by atoms with Gasteiger partial charge in [-0.2, -0.15) is 0 Å². The summed E-state index contributed by atoms with van der Waals surface area (Å²) in [7, 11) is -7.21. The van der Waals surface area contributed by atoms with Gasteiger partial charge in [0.2, 0.25) is 0 Å². The van der Waals surface area contributed by atoms with Crippen LogP contribution in [0.3, 0.4) is 0 Å². The summed E-state index contributed by atoms with van der Waals surface area (Å²) in [6.07, 6.45) is 5.27. The van der Waals surface area contributed by atoms with Crippen molar-refractivity contribution in [2.75, 3.05) is 91.0 Å². The molecule has 12 nitrogen and oxygen atoms in total. The molecular formula is C20H56Cl6N6O6P2. The molecule has 0 aromatic rings. The zero-order chi connectivity index (χ0) is 25.7. The van der Waals surface area contributed by atoms with Gasteiger partial charge < -0.3 is 51.6 Å². The maximum Gasteiger partial charge on any atom is 0.329 e. The van der Waals surface area contributed by atoms with Crippen molar-refractivity contribution in [3.8, 4) is 0 Å². The highest BCUT2D eigenvalue weighted by Crippen LogP contribution is 2.42. The first-order valence-electron chi connectivity index (χ1n) is 12.4. The van der Waals surface area contributed by atoms with Gasteiger partial charge in [-0.05, 0) is 12.8 Å². The average Bonchev–Trinajstić information content (AvgIpc) is 2.78. The largest absolute Gasteiger partial charge is 0.329 e. The third kappa shape index (κ3) is 36.0. The van der Waals surface area contributed by atoms with Crippen LogP contribution in [0.15, 0.2) is 0 Å². The highest BCUT2D eigenvalue weighted by Gasteiger charge is 2.21. The number of hydrogen-bond acceptors (Lipinski definition) is 10. The molecule has 0 aromatic carbocycles. The van der Waals surface area contributed by atoms with Gasteiger partial charge in [0.15, 0.2) is 0 Å². The molecule has 2 unspecified atom stereocenters. The Kier molecular flexibility index (Phi) is 53.1. The zero-order valence-electron chi connectivity index (χ0n) is 23.2. The fourth-order valence-corrected chi connectivity index (χ4v) is 5.55. The summed E-state index contributed by atoms with van der Waals surface area (Å²) in [5.74, 6) is 0. The van der Waals surface area contributed by atoms with Crippen LogP contribution in [0.4, 0.5) is 0 Å². The van der Waals surface area contributed by atoms with Crippen LogP contribution in [0.1, 0.15) is 38.5 Å². The second kappa shape index (κ2) is 37.0. The summed E-state index contributed by atoms with van der Waals surface area (Å²) in [4.78, 5) is 23.8. The third-order valence-corrected chi connectivity index (χ3v) is 8.01. The Bertz CT molecular complexity index is 542. The molecule has 0 aromatic heterocycles. The van der Waals surface area contributed by atoms with Gasteiger partial charge in [0.05, 0.1) is 25.5 Å². The standard InChI is InChI=1S/C20H50N6O6P2.6ClH/c21-7-11-25(12-8-22)15-19-33(27,28)31-17-5-3-1-2-4-6-18-32-34(29,30)20-16-26(13-9-23)14-10-24;;;;;;/h1-24H2,(H,27,28)(H,29,30);6*1H. The molecule has 0 rings (SSSR count). The van der Waals surface area contributed by atoms with E-state index in [0.29, 0.717) is 78.3 Å². The normalized spacial score (nSPS) is 13.3. The molecule has 0 saturated heterocycles. The topological polar surface area (TPSA) is 204 Å². The Morgan fingerprint density at radius 2 is 0.725 bits per heavy atom. The number of hydrogen-bond donors (Lipinski definition) is 6. The van der Waals surface area contributed by atoms with Crippen molar-refractivity contribution >= 4 is 89.6 Å². The van der Waals surface area contributed by atoms with Crippen molar-refractivity contribution in [2.24, 2.45) is 22.9 Å². The van der Waals surface area contributed by atoms with E-state index >= 15 is 0 Å². The van der Waals surface area contributed by atoms with E-state index in [1.807, 2.05) is 9.80 Å². The lowest BCUT2D eigenvalue weighted by atomic mass is 10.1. The van der Waals surface area contributed by atoms with Gasteiger partial charge in [0.25, 0.3) is 0 Å². The maximum atomic E-state index is 12.1. The van der Waals surface area contributed by atoms with Crippen molar-refractivity contribution in [3.05, 3.63) is 0 Å². The molecule has 2 atom stereocenters. The van der Waals surface area contributed by atoms with Gasteiger partial charge in [0, 0.05) is 65.4 Å². The fraction of sp³-hybridized carbons (Fsp3) is 1.00. The highest BCUT2D eigenvalue weighted by atomic mass is 35.5. The molecule has 40 heavy (non-hydrogen) atoms. The molecule has 0 spiro atoms. The van der Waals surface area contributed by atoms with E-state index in [-0.39, 0.29) is 100.0 Å². The number of unbranched alkanes of at least 4 members (excludes halogenated alkanes) is 5. The van der Waals surface area contributed by atoms with Crippen LogP contribution >= 0.6 is 89.6 Å². The van der Waals surface area contributed by atoms with Crippen LogP contribution in [0.2, 0.25) is 0 Å². The Morgan fingerprint density at radius 1 is 0.475 bits per heavy atom. The van der Waals surface area contributed by atoms with E-state index in [2.05, 4.69) is 0 Å². The molecule has 0 fully saturated rings. The molecule has 0 heterocycles. The Labute approximate surface area is 278 Å². The smallest absolute Gasteiger partial charge is 0.329 e. The van der Waals surface area contributed by atoms with Crippen molar-refractivity contribution in [3.63, 3.8) is 0 Å². The van der Waals surface area contributed by atoms with Crippen molar-refractivity contribution in [1.29, 1.82) is 0 Å². The Morgan fingerprint density at radius 3 is 0.975 bits per heavy atom. The molecule has 20 heteroatoms. The minimum absolute atomic E-state index is 0. The van der Waals surface area contributed by atoms with Crippen molar-refractivity contribution < 1.29 is 28.0 Å². The van der Waals surface area contributed by atoms with E-state index in [1.165, 1.54) is 0 Å². The molecule has 10 N–H and O–H groups in total. The first-order chi connectivity index (χ1) is 16.2. The minimum atomic E-state index is -3.61. The predicted octanol–water partition coefficient (Wildman–Crippen LogP) is 2.70. The Balaban J connectivity index is -0.000000363. The zero-order valence-corrected chi connectivity index (χ0v) is 29.9. The van der Waals surface area contributed by atoms with Crippen LogP contribution in [-0.2, 0) is 18.2 Å². The van der Waals surface area contributed by atoms with Gasteiger partial charge in [0.1, 0.15) is 0 Å². The molecule has 0 aliphatic carbocycles. The second-order valence-electron chi connectivity index (χ2n) is 8.35. The molecule has 0 aliphatic rings.